The molecule has 4 heteroatoms. The van der Waals surface area contributed by atoms with Crippen LogP contribution in [-0.4, -0.2) is 18.6 Å². The van der Waals surface area contributed by atoms with Crippen LogP contribution < -0.4 is 5.32 Å². The largest absolute Gasteiger partial charge is 0.468 e. The van der Waals surface area contributed by atoms with Gasteiger partial charge in [-0.2, -0.15) is 0 Å². The molecule has 0 aliphatic rings. The number of carbonyl (C=O) groups is 1. The van der Waals surface area contributed by atoms with E-state index in [4.69, 9.17) is 16.3 Å². The molecule has 0 heterocycles. The summed E-state index contributed by atoms with van der Waals surface area (Å²) in [5, 5.41) is 3.89. The molecule has 94 valence electrons. The Hall–Kier alpha value is -1.06. The number of nitrogens with one attached hydrogen (secondary N) is 1. The zero-order valence-corrected chi connectivity index (χ0v) is 11.3. The van der Waals surface area contributed by atoms with E-state index in [-0.39, 0.29) is 12.0 Å². The number of rotatable bonds is 4. The monoisotopic (exact) mass is 255 g/mol. The van der Waals surface area contributed by atoms with Crippen molar-refractivity contribution in [2.75, 3.05) is 7.11 Å². The van der Waals surface area contributed by atoms with Gasteiger partial charge in [-0.05, 0) is 32.4 Å². The van der Waals surface area contributed by atoms with Crippen molar-refractivity contribution in [1.82, 2.24) is 5.32 Å². The summed E-state index contributed by atoms with van der Waals surface area (Å²) in [6.07, 6.45) is 0. The Kier molecular flexibility index (Phi) is 4.54. The highest BCUT2D eigenvalue weighted by Crippen LogP contribution is 2.24. The Morgan fingerprint density at radius 2 is 2.00 bits per heavy atom. The van der Waals surface area contributed by atoms with Crippen molar-refractivity contribution in [1.29, 1.82) is 0 Å². The predicted molar refractivity (Wildman–Crippen MR) is 69.1 cm³/mol. The van der Waals surface area contributed by atoms with Crippen molar-refractivity contribution in [3.05, 3.63) is 34.9 Å². The van der Waals surface area contributed by atoms with Gasteiger partial charge in [0.1, 0.15) is 5.54 Å². The van der Waals surface area contributed by atoms with E-state index < -0.39 is 5.54 Å². The van der Waals surface area contributed by atoms with Gasteiger partial charge in [0.25, 0.3) is 0 Å². The molecule has 0 saturated heterocycles. The van der Waals surface area contributed by atoms with Crippen molar-refractivity contribution in [3.8, 4) is 0 Å². The van der Waals surface area contributed by atoms with Gasteiger partial charge >= 0.3 is 5.97 Å². The second-order valence-electron chi connectivity index (χ2n) is 4.50. The summed E-state index contributed by atoms with van der Waals surface area (Å²) in [5.74, 6) is -0.295. The second-order valence-corrected chi connectivity index (χ2v) is 4.91. The molecule has 1 aromatic carbocycles. The van der Waals surface area contributed by atoms with Crippen LogP contribution in [0.5, 0.6) is 0 Å². The molecule has 0 aromatic heterocycles. The van der Waals surface area contributed by atoms with E-state index in [0.717, 1.165) is 5.56 Å². The van der Waals surface area contributed by atoms with E-state index in [9.17, 15) is 4.79 Å². The first-order chi connectivity index (χ1) is 7.88. The van der Waals surface area contributed by atoms with Crippen molar-refractivity contribution < 1.29 is 9.53 Å². The Labute approximate surface area is 107 Å². The molecule has 0 aliphatic heterocycles. The van der Waals surface area contributed by atoms with Crippen LogP contribution in [0.1, 0.15) is 32.4 Å². The van der Waals surface area contributed by atoms with Crippen molar-refractivity contribution in [2.45, 2.75) is 32.4 Å². The maximum absolute atomic E-state index is 11.6. The summed E-state index contributed by atoms with van der Waals surface area (Å²) in [4.78, 5) is 11.6. The molecule has 0 fully saturated rings. The molecule has 0 radical (unpaired) electrons. The Balaban J connectivity index is 2.83. The van der Waals surface area contributed by atoms with Crippen molar-refractivity contribution in [2.24, 2.45) is 0 Å². The fourth-order valence-corrected chi connectivity index (χ4v) is 2.06. The molecule has 0 amide bonds. The molecule has 1 atom stereocenters. The van der Waals surface area contributed by atoms with Crippen LogP contribution >= 0.6 is 11.6 Å². The SMILES string of the molecule is COC(=O)C(C)(C)NC(C)c1ccccc1Cl. The average Bonchev–Trinajstić information content (AvgIpc) is 2.27. The molecule has 1 unspecified atom stereocenters. The van der Waals surface area contributed by atoms with Gasteiger partial charge in [0.2, 0.25) is 0 Å². The smallest absolute Gasteiger partial charge is 0.325 e. The molecule has 17 heavy (non-hydrogen) atoms. The zero-order chi connectivity index (χ0) is 13.1. The number of halogens is 1. The predicted octanol–water partition coefficient (Wildman–Crippen LogP) is 2.94. The number of ether oxygens (including phenoxy) is 1. The Morgan fingerprint density at radius 1 is 1.41 bits per heavy atom. The second kappa shape index (κ2) is 5.52. The minimum Gasteiger partial charge on any atom is -0.468 e. The quantitative estimate of drug-likeness (QED) is 0.841. The van der Waals surface area contributed by atoms with Gasteiger partial charge < -0.3 is 4.74 Å². The fourth-order valence-electron chi connectivity index (χ4n) is 1.76. The topological polar surface area (TPSA) is 38.3 Å². The van der Waals surface area contributed by atoms with E-state index in [1.807, 2.05) is 31.2 Å². The lowest BCUT2D eigenvalue weighted by atomic mass is 10.0. The fraction of sp³-hybridized carbons (Fsp3) is 0.462. The molecule has 3 nitrogen and oxygen atoms in total. The molecule has 0 aliphatic carbocycles. The van der Waals surface area contributed by atoms with Crippen molar-refractivity contribution >= 4 is 17.6 Å². The van der Waals surface area contributed by atoms with Crippen LogP contribution in [0.4, 0.5) is 0 Å². The molecule has 0 saturated carbocycles. The summed E-state index contributed by atoms with van der Waals surface area (Å²) >= 11 is 6.11. The van der Waals surface area contributed by atoms with E-state index in [1.165, 1.54) is 7.11 Å². The molecule has 1 aromatic rings. The van der Waals surface area contributed by atoms with Gasteiger partial charge in [0.15, 0.2) is 0 Å². The summed E-state index contributed by atoms with van der Waals surface area (Å²) in [6, 6.07) is 7.54. The highest BCUT2D eigenvalue weighted by molar-refractivity contribution is 6.31. The first-order valence-electron chi connectivity index (χ1n) is 5.49. The standard InChI is InChI=1S/C13H18ClNO2/c1-9(10-7-5-6-8-11(10)14)15-13(2,3)12(16)17-4/h5-9,15H,1-4H3. The molecular formula is C13H18ClNO2. The van der Waals surface area contributed by atoms with Crippen LogP contribution in [0.3, 0.4) is 0 Å². The highest BCUT2D eigenvalue weighted by atomic mass is 35.5. The maximum atomic E-state index is 11.6. The van der Waals surface area contributed by atoms with Crippen molar-refractivity contribution in [3.63, 3.8) is 0 Å². The first-order valence-corrected chi connectivity index (χ1v) is 5.87. The third kappa shape index (κ3) is 3.45. The van der Waals surface area contributed by atoms with Crippen LogP contribution in [-0.2, 0) is 9.53 Å². The normalized spacial score (nSPS) is 13.2. The van der Waals surface area contributed by atoms with E-state index >= 15 is 0 Å². The minimum atomic E-state index is -0.743. The van der Waals surface area contributed by atoms with Crippen LogP contribution in [0.2, 0.25) is 5.02 Å². The van der Waals surface area contributed by atoms with Crippen LogP contribution in [0.25, 0.3) is 0 Å². The summed E-state index contributed by atoms with van der Waals surface area (Å²) in [6.45, 7) is 5.53. The van der Waals surface area contributed by atoms with E-state index in [2.05, 4.69) is 5.32 Å². The lowest BCUT2D eigenvalue weighted by Crippen LogP contribution is -2.48. The van der Waals surface area contributed by atoms with Crippen LogP contribution in [0, 0.1) is 0 Å². The number of esters is 1. The molecular weight excluding hydrogens is 238 g/mol. The zero-order valence-electron chi connectivity index (χ0n) is 10.6. The third-order valence-electron chi connectivity index (χ3n) is 2.64. The average molecular weight is 256 g/mol. The summed E-state index contributed by atoms with van der Waals surface area (Å²) in [7, 11) is 1.38. The lowest BCUT2D eigenvalue weighted by molar-refractivity contribution is -0.147. The van der Waals surface area contributed by atoms with E-state index in [1.54, 1.807) is 13.8 Å². The van der Waals surface area contributed by atoms with Gasteiger partial charge in [-0.1, -0.05) is 29.8 Å². The molecule has 1 N–H and O–H groups in total. The minimum absolute atomic E-state index is 0.0298. The van der Waals surface area contributed by atoms with E-state index in [0.29, 0.717) is 5.02 Å². The number of hydrogen-bond donors (Lipinski definition) is 1. The summed E-state index contributed by atoms with van der Waals surface area (Å²) in [5.41, 5.74) is 0.221. The third-order valence-corrected chi connectivity index (χ3v) is 2.99. The highest BCUT2D eigenvalue weighted by Gasteiger charge is 2.30. The van der Waals surface area contributed by atoms with Gasteiger partial charge in [0.05, 0.1) is 7.11 Å². The molecule has 0 bridgehead atoms. The van der Waals surface area contributed by atoms with Gasteiger partial charge in [-0.15, -0.1) is 0 Å². The number of methoxy groups -OCH3 is 1. The maximum Gasteiger partial charge on any atom is 0.325 e. The van der Waals surface area contributed by atoms with Gasteiger partial charge in [0, 0.05) is 11.1 Å². The van der Waals surface area contributed by atoms with Gasteiger partial charge in [-0.25, -0.2) is 0 Å². The number of hydrogen-bond acceptors (Lipinski definition) is 3. The lowest BCUT2D eigenvalue weighted by Gasteiger charge is -2.28. The Bertz CT molecular complexity index is 404. The number of benzene rings is 1. The number of carbonyl (C=O) groups excluding carboxylic acids is 1. The first kappa shape index (κ1) is 14.0. The Morgan fingerprint density at radius 3 is 2.53 bits per heavy atom. The molecule has 1 rings (SSSR count). The van der Waals surface area contributed by atoms with Gasteiger partial charge in [-0.3, -0.25) is 10.1 Å². The molecule has 0 spiro atoms. The summed E-state index contributed by atoms with van der Waals surface area (Å²) < 4.78 is 4.75. The van der Waals surface area contributed by atoms with Crippen LogP contribution in [0.15, 0.2) is 24.3 Å².